The second-order valence-electron chi connectivity index (χ2n) is 4.62. The highest BCUT2D eigenvalue weighted by Gasteiger charge is 1.98. The Morgan fingerprint density at radius 3 is 1.82 bits per heavy atom. The number of oxime groups is 1. The second-order valence-corrected chi connectivity index (χ2v) is 4.62. The normalized spacial score (nSPS) is 10.4. The first kappa shape index (κ1) is 20.5. The van der Waals surface area contributed by atoms with Crippen molar-refractivity contribution in [2.45, 2.75) is 20.0 Å². The van der Waals surface area contributed by atoms with Crippen LogP contribution in [0, 0.1) is 6.92 Å². The number of rotatable bonds is 5. The maximum atomic E-state index is 8.44. The van der Waals surface area contributed by atoms with E-state index in [1.165, 1.54) is 11.8 Å². The number of halogens is 2. The summed E-state index contributed by atoms with van der Waals surface area (Å²) in [5, 5.41) is 11.4. The van der Waals surface area contributed by atoms with Crippen LogP contribution in [0.25, 0.3) is 0 Å². The van der Waals surface area contributed by atoms with Gasteiger partial charge in [0.1, 0.15) is 0 Å². The van der Waals surface area contributed by atoms with Crippen LogP contribution in [0.1, 0.15) is 11.1 Å². The van der Waals surface area contributed by atoms with Gasteiger partial charge in [0.05, 0.1) is 6.21 Å². The van der Waals surface area contributed by atoms with E-state index in [1.54, 1.807) is 0 Å². The molecule has 118 valence electrons. The molecule has 0 saturated carbocycles. The first-order valence-corrected chi connectivity index (χ1v) is 6.55. The van der Waals surface area contributed by atoms with E-state index in [0.717, 1.165) is 18.7 Å². The number of aryl methyl sites for hydroxylation is 1. The predicted molar refractivity (Wildman–Crippen MR) is 76.5 cm³/mol. The summed E-state index contributed by atoms with van der Waals surface area (Å²) in [6, 6.07) is 8.01. The fraction of sp³-hybridized carbons (Fsp3) is 0.188. The van der Waals surface area contributed by atoms with Gasteiger partial charge in [0.15, 0.2) is 37.9 Å². The summed E-state index contributed by atoms with van der Waals surface area (Å²) in [6.45, 7) is 3.78. The third kappa shape index (κ3) is 6.95. The van der Waals surface area contributed by atoms with Crippen molar-refractivity contribution in [3.8, 4) is 0 Å². The van der Waals surface area contributed by atoms with Crippen molar-refractivity contribution in [1.29, 1.82) is 0 Å². The Hall–Kier alpha value is -1.53. The highest BCUT2D eigenvalue weighted by Crippen LogP contribution is 1.91. The highest BCUT2D eigenvalue weighted by molar-refractivity contribution is 5.78. The molecule has 0 bridgehead atoms. The number of nitrogens with zero attached hydrogens (tertiary/aromatic N) is 3. The average Bonchev–Trinajstić information content (AvgIpc) is 2.47. The Morgan fingerprint density at radius 2 is 1.36 bits per heavy atom. The van der Waals surface area contributed by atoms with Crippen LogP contribution in [0.3, 0.4) is 0 Å². The lowest BCUT2D eigenvalue weighted by Crippen LogP contribution is -3.00. The molecule has 0 aliphatic rings. The van der Waals surface area contributed by atoms with E-state index in [9.17, 15) is 0 Å². The van der Waals surface area contributed by atoms with E-state index in [2.05, 4.69) is 57.9 Å². The Kier molecular flexibility index (Phi) is 10.3. The van der Waals surface area contributed by atoms with Crippen molar-refractivity contribution in [3.05, 3.63) is 72.3 Å². The SMILES string of the molecule is Cc1cc[n+](C/C=C/C[n+]2ccc(/C=N\O)cc2)cc1.[Br-].[Br-]. The first-order valence-electron chi connectivity index (χ1n) is 6.55. The molecule has 1 N–H and O–H groups in total. The Bertz CT molecular complexity index is 596. The molecule has 0 aliphatic heterocycles. The number of hydrogen-bond acceptors (Lipinski definition) is 2. The quantitative estimate of drug-likeness (QED) is 0.169. The molecule has 0 fully saturated rings. The van der Waals surface area contributed by atoms with Gasteiger partial charge >= 0.3 is 0 Å². The molecule has 6 heteroatoms. The van der Waals surface area contributed by atoms with Gasteiger partial charge in [0.25, 0.3) is 0 Å². The molecule has 2 heterocycles. The van der Waals surface area contributed by atoms with Crippen molar-refractivity contribution >= 4 is 6.21 Å². The standard InChI is InChI=1S/C16H18N3O.2BrH/c1-15-4-10-18(11-5-15)8-2-3-9-19-12-6-16(7-13-19)14-17-20;;/h2-7,10-14H,8-9H2,1H3;2*1H/q+1;;/p-1/b3-2+;;. The van der Waals surface area contributed by atoms with Crippen LogP contribution < -0.4 is 43.1 Å². The van der Waals surface area contributed by atoms with Gasteiger partial charge in [-0.15, -0.1) is 0 Å². The number of pyridine rings is 2. The minimum absolute atomic E-state index is 0. The maximum absolute atomic E-state index is 8.44. The molecule has 4 nitrogen and oxygen atoms in total. The molecule has 2 aromatic rings. The van der Waals surface area contributed by atoms with Gasteiger partial charge in [0.2, 0.25) is 0 Å². The molecule has 0 amide bonds. The van der Waals surface area contributed by atoms with E-state index in [1.807, 2.05) is 24.5 Å². The summed E-state index contributed by atoms with van der Waals surface area (Å²) in [5.41, 5.74) is 2.15. The molecular formula is C16H19Br2N3O. The van der Waals surface area contributed by atoms with Crippen molar-refractivity contribution in [3.63, 3.8) is 0 Å². The Morgan fingerprint density at radius 1 is 0.909 bits per heavy atom. The Labute approximate surface area is 152 Å². The van der Waals surface area contributed by atoms with Crippen LogP contribution in [0.4, 0.5) is 0 Å². The first-order chi connectivity index (χ1) is 9.78. The molecule has 0 radical (unpaired) electrons. The largest absolute Gasteiger partial charge is 1.00 e. The maximum Gasteiger partial charge on any atom is 0.169 e. The summed E-state index contributed by atoms with van der Waals surface area (Å²) in [7, 11) is 0. The number of hydrogen-bond donors (Lipinski definition) is 1. The van der Waals surface area contributed by atoms with Crippen LogP contribution in [0.15, 0.2) is 66.4 Å². The molecular weight excluding hydrogens is 410 g/mol. The monoisotopic (exact) mass is 427 g/mol. The molecule has 2 aromatic heterocycles. The van der Waals surface area contributed by atoms with Crippen molar-refractivity contribution < 1.29 is 48.3 Å². The fourth-order valence-electron chi connectivity index (χ4n) is 1.79. The van der Waals surface area contributed by atoms with Gasteiger partial charge < -0.3 is 39.2 Å². The summed E-state index contributed by atoms with van der Waals surface area (Å²) >= 11 is 0. The topological polar surface area (TPSA) is 40.3 Å². The third-order valence-corrected chi connectivity index (χ3v) is 2.98. The second kappa shape index (κ2) is 11.1. The van der Waals surface area contributed by atoms with Gasteiger partial charge in [-0.3, -0.25) is 0 Å². The zero-order chi connectivity index (χ0) is 14.2. The van der Waals surface area contributed by atoms with Crippen LogP contribution in [-0.2, 0) is 13.1 Å². The molecule has 0 aromatic carbocycles. The lowest BCUT2D eigenvalue weighted by molar-refractivity contribution is -0.691. The molecule has 0 unspecified atom stereocenters. The van der Waals surface area contributed by atoms with E-state index in [-0.39, 0.29) is 34.0 Å². The van der Waals surface area contributed by atoms with Crippen molar-refractivity contribution in [2.24, 2.45) is 5.16 Å². The van der Waals surface area contributed by atoms with Gasteiger partial charge in [-0.1, -0.05) is 5.16 Å². The Balaban J connectivity index is 0.00000220. The fourth-order valence-corrected chi connectivity index (χ4v) is 1.79. The van der Waals surface area contributed by atoms with Crippen molar-refractivity contribution in [2.75, 3.05) is 0 Å². The predicted octanol–water partition coefficient (Wildman–Crippen LogP) is -4.36. The minimum Gasteiger partial charge on any atom is -1.00 e. The molecule has 22 heavy (non-hydrogen) atoms. The van der Waals surface area contributed by atoms with Gasteiger partial charge in [-0.25, -0.2) is 9.13 Å². The van der Waals surface area contributed by atoms with Gasteiger partial charge in [-0.2, -0.15) is 0 Å². The lowest BCUT2D eigenvalue weighted by atomic mass is 10.3. The summed E-state index contributed by atoms with van der Waals surface area (Å²) in [5.74, 6) is 0. The summed E-state index contributed by atoms with van der Waals surface area (Å²) < 4.78 is 4.19. The van der Waals surface area contributed by atoms with Crippen LogP contribution in [0.2, 0.25) is 0 Å². The molecule has 0 spiro atoms. The highest BCUT2D eigenvalue weighted by atomic mass is 79.9. The van der Waals surface area contributed by atoms with Crippen LogP contribution in [-0.4, -0.2) is 11.4 Å². The molecule has 0 aliphatic carbocycles. The summed E-state index contributed by atoms with van der Waals surface area (Å²) in [6.07, 6.45) is 13.8. The van der Waals surface area contributed by atoms with Crippen LogP contribution >= 0.6 is 0 Å². The van der Waals surface area contributed by atoms with Gasteiger partial charge in [-0.05, 0) is 24.6 Å². The van der Waals surface area contributed by atoms with E-state index < -0.39 is 0 Å². The van der Waals surface area contributed by atoms with Crippen molar-refractivity contribution in [1.82, 2.24) is 0 Å². The van der Waals surface area contributed by atoms with Gasteiger partial charge in [0, 0.05) is 29.8 Å². The minimum atomic E-state index is 0. The van der Waals surface area contributed by atoms with E-state index >= 15 is 0 Å². The van der Waals surface area contributed by atoms with E-state index in [0.29, 0.717) is 0 Å². The number of aromatic nitrogens is 2. The molecule has 2 rings (SSSR count). The zero-order valence-electron chi connectivity index (χ0n) is 12.3. The average molecular weight is 429 g/mol. The zero-order valence-corrected chi connectivity index (χ0v) is 15.5. The molecule has 0 atom stereocenters. The lowest BCUT2D eigenvalue weighted by Gasteiger charge is -1.93. The van der Waals surface area contributed by atoms with Crippen LogP contribution in [0.5, 0.6) is 0 Å². The smallest absolute Gasteiger partial charge is 0.169 e. The van der Waals surface area contributed by atoms with E-state index in [4.69, 9.17) is 5.21 Å². The third-order valence-electron chi connectivity index (χ3n) is 2.98. The summed E-state index contributed by atoms with van der Waals surface area (Å²) in [4.78, 5) is 0. The number of allylic oxidation sites excluding steroid dienone is 2. The molecule has 0 saturated heterocycles.